The van der Waals surface area contributed by atoms with Gasteiger partial charge in [0.05, 0.1) is 6.61 Å². The van der Waals surface area contributed by atoms with Gasteiger partial charge in [0.25, 0.3) is 0 Å². The highest BCUT2D eigenvalue weighted by molar-refractivity contribution is 5.85. The minimum atomic E-state index is 0. The van der Waals surface area contributed by atoms with Gasteiger partial charge in [0.2, 0.25) is 0 Å². The number of rotatable bonds is 5. The molecule has 0 spiro atoms. The average molecular weight is 242 g/mol. The van der Waals surface area contributed by atoms with Crippen LogP contribution in [0, 0.1) is 5.92 Å². The van der Waals surface area contributed by atoms with Crippen LogP contribution in [0.3, 0.4) is 0 Å². The molecule has 2 N–H and O–H groups in total. The first-order valence-corrected chi connectivity index (χ1v) is 5.78. The molecule has 0 heterocycles. The molecule has 1 aliphatic carbocycles. The summed E-state index contributed by atoms with van der Waals surface area (Å²) in [5.41, 5.74) is 7.15. The Balaban J connectivity index is 0.00000128. The van der Waals surface area contributed by atoms with Gasteiger partial charge in [-0.15, -0.1) is 12.4 Å². The number of benzene rings is 1. The summed E-state index contributed by atoms with van der Waals surface area (Å²) in [6.45, 7) is 2.97. The lowest BCUT2D eigenvalue weighted by molar-refractivity contribution is 0.299. The second-order valence-corrected chi connectivity index (χ2v) is 4.34. The summed E-state index contributed by atoms with van der Waals surface area (Å²) in [7, 11) is 0. The van der Waals surface area contributed by atoms with Crippen molar-refractivity contribution in [3.8, 4) is 5.75 Å². The molecular weight excluding hydrogens is 222 g/mol. The molecule has 1 aromatic rings. The lowest BCUT2D eigenvalue weighted by Crippen LogP contribution is -2.08. The maximum absolute atomic E-state index is 5.98. The highest BCUT2D eigenvalue weighted by atomic mass is 35.5. The molecule has 90 valence electrons. The molecule has 0 unspecified atom stereocenters. The molecule has 0 saturated heterocycles. The van der Waals surface area contributed by atoms with Gasteiger partial charge < -0.3 is 10.5 Å². The average Bonchev–Trinajstić information content (AvgIpc) is 3.09. The minimum absolute atomic E-state index is 0. The monoisotopic (exact) mass is 241 g/mol. The molecule has 3 heteroatoms. The van der Waals surface area contributed by atoms with E-state index >= 15 is 0 Å². The predicted molar refractivity (Wildman–Crippen MR) is 69.1 cm³/mol. The molecule has 0 radical (unpaired) electrons. The molecule has 0 aromatic heterocycles. The van der Waals surface area contributed by atoms with Crippen molar-refractivity contribution in [1.29, 1.82) is 0 Å². The molecule has 0 amide bonds. The van der Waals surface area contributed by atoms with Crippen molar-refractivity contribution in [2.45, 2.75) is 32.2 Å². The van der Waals surface area contributed by atoms with Crippen LogP contribution in [0.2, 0.25) is 0 Å². The molecule has 2 rings (SSSR count). The summed E-state index contributed by atoms with van der Waals surface area (Å²) in [6, 6.07) is 8.30. The second-order valence-electron chi connectivity index (χ2n) is 4.34. The summed E-state index contributed by atoms with van der Waals surface area (Å²) >= 11 is 0. The Morgan fingerprint density at radius 3 is 2.81 bits per heavy atom. The van der Waals surface area contributed by atoms with E-state index in [9.17, 15) is 0 Å². The van der Waals surface area contributed by atoms with Crippen molar-refractivity contribution >= 4 is 12.4 Å². The number of halogens is 1. The smallest absolute Gasteiger partial charge is 0.119 e. The van der Waals surface area contributed by atoms with Crippen molar-refractivity contribution in [3.05, 3.63) is 29.8 Å². The topological polar surface area (TPSA) is 35.2 Å². The highest BCUT2D eigenvalue weighted by Gasteiger charge is 2.21. The van der Waals surface area contributed by atoms with Crippen LogP contribution in [0.25, 0.3) is 0 Å². The van der Waals surface area contributed by atoms with Gasteiger partial charge in [-0.25, -0.2) is 0 Å². The van der Waals surface area contributed by atoms with E-state index in [0.29, 0.717) is 0 Å². The molecule has 1 aromatic carbocycles. The summed E-state index contributed by atoms with van der Waals surface area (Å²) in [4.78, 5) is 0. The van der Waals surface area contributed by atoms with Gasteiger partial charge in [0.1, 0.15) is 5.75 Å². The maximum atomic E-state index is 5.98. The zero-order chi connectivity index (χ0) is 10.7. The first-order valence-electron chi connectivity index (χ1n) is 5.78. The number of nitrogens with two attached hydrogens (primary N) is 1. The fourth-order valence-electron chi connectivity index (χ4n) is 1.57. The number of hydrogen-bond donors (Lipinski definition) is 1. The minimum Gasteiger partial charge on any atom is -0.493 e. The number of ether oxygens (including phenoxy) is 1. The van der Waals surface area contributed by atoms with Gasteiger partial charge in [0, 0.05) is 6.04 Å². The number of hydrogen-bond acceptors (Lipinski definition) is 2. The summed E-state index contributed by atoms with van der Waals surface area (Å²) in [5.74, 6) is 1.76. The van der Waals surface area contributed by atoms with Crippen LogP contribution >= 0.6 is 12.4 Å². The van der Waals surface area contributed by atoms with Crippen LogP contribution in [-0.4, -0.2) is 6.61 Å². The predicted octanol–water partition coefficient (Wildman–Crippen LogP) is 3.31. The quantitative estimate of drug-likeness (QED) is 0.859. The van der Waals surface area contributed by atoms with Crippen LogP contribution in [0.15, 0.2) is 24.3 Å². The van der Waals surface area contributed by atoms with Crippen molar-refractivity contribution in [2.24, 2.45) is 11.7 Å². The molecule has 16 heavy (non-hydrogen) atoms. The normalized spacial score (nSPS) is 16.4. The Labute approximate surface area is 104 Å². The molecule has 1 aliphatic rings. The fourth-order valence-corrected chi connectivity index (χ4v) is 1.57. The Morgan fingerprint density at radius 1 is 1.44 bits per heavy atom. The first-order chi connectivity index (χ1) is 7.29. The van der Waals surface area contributed by atoms with Gasteiger partial charge in [0.15, 0.2) is 0 Å². The van der Waals surface area contributed by atoms with Crippen molar-refractivity contribution in [3.63, 3.8) is 0 Å². The molecule has 1 fully saturated rings. The first kappa shape index (κ1) is 13.3. The lowest BCUT2D eigenvalue weighted by atomic mass is 10.1. The van der Waals surface area contributed by atoms with E-state index in [-0.39, 0.29) is 18.4 Å². The van der Waals surface area contributed by atoms with Crippen LogP contribution in [0.5, 0.6) is 5.75 Å². The molecule has 1 atom stereocenters. The van der Waals surface area contributed by atoms with Crippen LogP contribution < -0.4 is 10.5 Å². The van der Waals surface area contributed by atoms with E-state index in [2.05, 4.69) is 19.1 Å². The van der Waals surface area contributed by atoms with Gasteiger partial charge in [-0.05, 0) is 42.9 Å². The Hall–Kier alpha value is -0.730. The van der Waals surface area contributed by atoms with Gasteiger partial charge in [-0.2, -0.15) is 0 Å². The van der Waals surface area contributed by atoms with Crippen LogP contribution in [0.4, 0.5) is 0 Å². The molecular formula is C13H20ClNO. The van der Waals surface area contributed by atoms with Crippen LogP contribution in [0.1, 0.15) is 37.8 Å². The third kappa shape index (κ3) is 3.69. The zero-order valence-corrected chi connectivity index (χ0v) is 10.5. The summed E-state index contributed by atoms with van der Waals surface area (Å²) in [6.07, 6.45) is 3.62. The molecule has 0 bridgehead atoms. The Bertz CT molecular complexity index is 325. The van der Waals surface area contributed by atoms with E-state index in [1.165, 1.54) is 18.4 Å². The van der Waals surface area contributed by atoms with E-state index in [1.807, 2.05) is 12.1 Å². The SMILES string of the molecule is CC[C@@H](N)c1cccc(OCC2CC2)c1.Cl. The van der Waals surface area contributed by atoms with E-state index in [1.54, 1.807) is 0 Å². The van der Waals surface area contributed by atoms with Crippen molar-refractivity contribution < 1.29 is 4.74 Å². The van der Waals surface area contributed by atoms with Crippen molar-refractivity contribution in [2.75, 3.05) is 6.61 Å². The van der Waals surface area contributed by atoms with E-state index in [4.69, 9.17) is 10.5 Å². The maximum Gasteiger partial charge on any atom is 0.119 e. The lowest BCUT2D eigenvalue weighted by Gasteiger charge is -2.11. The van der Waals surface area contributed by atoms with Gasteiger partial charge in [-0.1, -0.05) is 19.1 Å². The Morgan fingerprint density at radius 2 is 2.19 bits per heavy atom. The standard InChI is InChI=1S/C13H19NO.ClH/c1-2-13(14)11-4-3-5-12(8-11)15-9-10-6-7-10;/h3-5,8,10,13H,2,6-7,9,14H2,1H3;1H/t13-;/m1./s1. The molecule has 1 saturated carbocycles. The zero-order valence-electron chi connectivity index (χ0n) is 9.69. The summed E-state index contributed by atoms with van der Waals surface area (Å²) < 4.78 is 5.71. The van der Waals surface area contributed by atoms with Crippen molar-refractivity contribution in [1.82, 2.24) is 0 Å². The van der Waals surface area contributed by atoms with E-state index in [0.717, 1.165) is 24.7 Å². The molecule has 2 nitrogen and oxygen atoms in total. The van der Waals surface area contributed by atoms with E-state index < -0.39 is 0 Å². The van der Waals surface area contributed by atoms with Gasteiger partial charge in [-0.3, -0.25) is 0 Å². The molecule has 0 aliphatic heterocycles. The fraction of sp³-hybridized carbons (Fsp3) is 0.538. The third-order valence-electron chi connectivity index (χ3n) is 2.91. The van der Waals surface area contributed by atoms with Crippen LogP contribution in [-0.2, 0) is 0 Å². The summed E-state index contributed by atoms with van der Waals surface area (Å²) in [5, 5.41) is 0. The highest BCUT2D eigenvalue weighted by Crippen LogP contribution is 2.30. The van der Waals surface area contributed by atoms with Gasteiger partial charge >= 0.3 is 0 Å². The second kappa shape index (κ2) is 6.12. The Kier molecular flexibility index (Phi) is 5.10. The largest absolute Gasteiger partial charge is 0.493 e. The third-order valence-corrected chi connectivity index (χ3v) is 2.91.